The van der Waals surface area contributed by atoms with E-state index in [-0.39, 0.29) is 5.69 Å². The summed E-state index contributed by atoms with van der Waals surface area (Å²) in [6.07, 6.45) is -5.92. The van der Waals surface area contributed by atoms with E-state index in [9.17, 15) is 26.7 Å². The summed E-state index contributed by atoms with van der Waals surface area (Å²) < 4.78 is 62.2. The number of halogens is 7. The maximum Gasteiger partial charge on any atom is 0.463 e. The number of alkyl halides is 5. The summed E-state index contributed by atoms with van der Waals surface area (Å²) in [5.41, 5.74) is -0.142. The Labute approximate surface area is 120 Å². The Morgan fingerprint density at radius 3 is 2.22 bits per heavy atom. The number of nitrogens with one attached hydrogen (secondary N) is 1. The minimum atomic E-state index is -5.92. The van der Waals surface area contributed by atoms with Crippen LogP contribution < -0.4 is 5.32 Å². The number of carbonyl (C=O) groups is 1. The number of anilines is 1. The lowest BCUT2D eigenvalue weighted by Crippen LogP contribution is -2.47. The van der Waals surface area contributed by atoms with Gasteiger partial charge in [-0.15, -0.1) is 0 Å². The molecule has 0 unspecified atom stereocenters. The van der Waals surface area contributed by atoms with Crippen LogP contribution in [0, 0.1) is 3.57 Å². The molecule has 18 heavy (non-hydrogen) atoms. The van der Waals surface area contributed by atoms with Gasteiger partial charge in [0.1, 0.15) is 0 Å². The molecule has 1 N–H and O–H groups in total. The molecule has 1 aromatic carbocycles. The van der Waals surface area contributed by atoms with Crippen molar-refractivity contribution in [3.63, 3.8) is 0 Å². The van der Waals surface area contributed by atoms with Gasteiger partial charge in [-0.05, 0) is 56.7 Å². The number of benzene rings is 1. The zero-order valence-electron chi connectivity index (χ0n) is 8.29. The molecule has 0 aromatic heterocycles. The number of amides is 1. The summed E-state index contributed by atoms with van der Waals surface area (Å²) in [5, 5.41) is 1.52. The Balaban J connectivity index is 2.91. The van der Waals surface area contributed by atoms with Crippen molar-refractivity contribution in [3.8, 4) is 0 Å². The van der Waals surface area contributed by atoms with Crippen LogP contribution in [-0.4, -0.2) is 18.0 Å². The Kier molecular flexibility index (Phi) is 4.57. The summed E-state index contributed by atoms with van der Waals surface area (Å²) >= 11 is 4.94. The predicted molar refractivity (Wildman–Crippen MR) is 66.5 cm³/mol. The number of hydrogen-bond acceptors (Lipinski definition) is 1. The zero-order valence-corrected chi connectivity index (χ0v) is 12.0. The maximum atomic E-state index is 12.6. The minimum absolute atomic E-state index is 0.142. The van der Waals surface area contributed by atoms with Crippen LogP contribution in [-0.2, 0) is 4.79 Å². The van der Waals surface area contributed by atoms with E-state index in [1.807, 2.05) is 22.6 Å². The Hall–Kier alpha value is -0.450. The highest BCUT2D eigenvalue weighted by molar-refractivity contribution is 14.1. The number of carbonyl (C=O) groups excluding carboxylic acids is 1. The minimum Gasteiger partial charge on any atom is -0.320 e. The molecule has 0 saturated heterocycles. The summed E-state index contributed by atoms with van der Waals surface area (Å²) in [7, 11) is 0. The van der Waals surface area contributed by atoms with E-state index in [1.165, 1.54) is 23.5 Å². The molecule has 0 aliphatic carbocycles. The third-order valence-electron chi connectivity index (χ3n) is 1.82. The molecule has 0 aliphatic rings. The number of hydrogen-bond donors (Lipinski definition) is 1. The summed E-state index contributed by atoms with van der Waals surface area (Å²) in [6.45, 7) is 0. The SMILES string of the molecule is O=C(Nc1ccc(Br)c(I)c1)C(F)(F)C(F)(F)F. The Morgan fingerprint density at radius 1 is 1.22 bits per heavy atom. The van der Waals surface area contributed by atoms with Crippen LogP contribution in [0.1, 0.15) is 0 Å². The molecule has 0 saturated carbocycles. The van der Waals surface area contributed by atoms with E-state index >= 15 is 0 Å². The summed E-state index contributed by atoms with van der Waals surface area (Å²) in [5.74, 6) is -7.83. The molecule has 0 radical (unpaired) electrons. The maximum absolute atomic E-state index is 12.6. The summed E-state index contributed by atoms with van der Waals surface area (Å²) in [4.78, 5) is 10.9. The van der Waals surface area contributed by atoms with Crippen LogP contribution in [0.2, 0.25) is 0 Å². The van der Waals surface area contributed by atoms with Gasteiger partial charge < -0.3 is 5.32 Å². The van der Waals surface area contributed by atoms with Crippen molar-refractivity contribution in [2.75, 3.05) is 5.32 Å². The third kappa shape index (κ3) is 3.31. The molecule has 2 nitrogen and oxygen atoms in total. The predicted octanol–water partition coefficient (Wildman–Crippen LogP) is 4.19. The van der Waals surface area contributed by atoms with E-state index in [2.05, 4.69) is 15.9 Å². The van der Waals surface area contributed by atoms with Crippen molar-refractivity contribution in [2.24, 2.45) is 0 Å². The van der Waals surface area contributed by atoms with Crippen LogP contribution >= 0.6 is 38.5 Å². The second-order valence-corrected chi connectivity index (χ2v) is 5.17. The molecule has 9 heteroatoms. The van der Waals surface area contributed by atoms with Crippen LogP contribution in [0.15, 0.2) is 22.7 Å². The molecule has 0 bridgehead atoms. The molecule has 0 spiro atoms. The first kappa shape index (κ1) is 15.6. The second-order valence-electron chi connectivity index (χ2n) is 3.16. The zero-order chi connectivity index (χ0) is 14.1. The standard InChI is InChI=1S/C9H4BrF5INO/c10-5-2-1-4(3-6(5)16)17-7(18)8(11,12)9(13,14)15/h1-3H,(H,17,18). The van der Waals surface area contributed by atoms with Gasteiger partial charge in [0, 0.05) is 13.7 Å². The van der Waals surface area contributed by atoms with Gasteiger partial charge >= 0.3 is 18.0 Å². The molecule has 0 heterocycles. The molecule has 1 aromatic rings. The Morgan fingerprint density at radius 2 is 1.78 bits per heavy atom. The van der Waals surface area contributed by atoms with E-state index in [4.69, 9.17) is 0 Å². The average Bonchev–Trinajstić information content (AvgIpc) is 2.21. The quantitative estimate of drug-likeness (QED) is 0.539. The van der Waals surface area contributed by atoms with E-state index in [1.54, 1.807) is 0 Å². The molecule has 0 atom stereocenters. The van der Waals surface area contributed by atoms with Crippen LogP contribution in [0.3, 0.4) is 0 Å². The summed E-state index contributed by atoms with van der Waals surface area (Å²) in [6, 6.07) is 3.88. The second kappa shape index (κ2) is 5.27. The first-order chi connectivity index (χ1) is 8.05. The monoisotopic (exact) mass is 443 g/mol. The fraction of sp³-hybridized carbons (Fsp3) is 0.222. The molecular weight excluding hydrogens is 440 g/mol. The van der Waals surface area contributed by atoms with E-state index < -0.39 is 18.0 Å². The molecule has 0 aliphatic heterocycles. The van der Waals surface area contributed by atoms with Crippen LogP contribution in [0.25, 0.3) is 0 Å². The van der Waals surface area contributed by atoms with Gasteiger partial charge in [-0.1, -0.05) is 0 Å². The highest BCUT2D eigenvalue weighted by Gasteiger charge is 2.63. The van der Waals surface area contributed by atoms with Crippen molar-refractivity contribution in [3.05, 3.63) is 26.2 Å². The van der Waals surface area contributed by atoms with Gasteiger partial charge in [-0.2, -0.15) is 22.0 Å². The molecule has 1 rings (SSSR count). The molecule has 0 fully saturated rings. The van der Waals surface area contributed by atoms with Gasteiger partial charge in [-0.3, -0.25) is 4.79 Å². The van der Waals surface area contributed by atoms with Crippen LogP contribution in [0.5, 0.6) is 0 Å². The van der Waals surface area contributed by atoms with E-state index in [0.29, 0.717) is 8.04 Å². The van der Waals surface area contributed by atoms with Crippen molar-refractivity contribution in [1.29, 1.82) is 0 Å². The van der Waals surface area contributed by atoms with Crippen molar-refractivity contribution >= 4 is 50.1 Å². The fourth-order valence-corrected chi connectivity index (χ4v) is 1.67. The third-order valence-corrected chi connectivity index (χ3v) is 4.14. The van der Waals surface area contributed by atoms with Crippen molar-refractivity contribution < 1.29 is 26.7 Å². The van der Waals surface area contributed by atoms with Gasteiger partial charge in [-0.25, -0.2) is 0 Å². The first-order valence-electron chi connectivity index (χ1n) is 4.27. The van der Waals surface area contributed by atoms with Gasteiger partial charge in [0.15, 0.2) is 0 Å². The highest BCUT2D eigenvalue weighted by Crippen LogP contribution is 2.36. The molecule has 100 valence electrons. The largest absolute Gasteiger partial charge is 0.463 e. The Bertz CT molecular complexity index is 477. The average molecular weight is 444 g/mol. The number of rotatable bonds is 2. The van der Waals surface area contributed by atoms with Crippen molar-refractivity contribution in [1.82, 2.24) is 0 Å². The molecular formula is C9H4BrF5INO. The lowest BCUT2D eigenvalue weighted by Gasteiger charge is -2.18. The molecule has 1 amide bonds. The fourth-order valence-electron chi connectivity index (χ4n) is 0.912. The van der Waals surface area contributed by atoms with Gasteiger partial charge in [0.2, 0.25) is 0 Å². The highest BCUT2D eigenvalue weighted by atomic mass is 127. The lowest BCUT2D eigenvalue weighted by molar-refractivity contribution is -0.267. The normalized spacial score (nSPS) is 12.4. The van der Waals surface area contributed by atoms with Crippen LogP contribution in [0.4, 0.5) is 27.6 Å². The van der Waals surface area contributed by atoms with Gasteiger partial charge in [0.25, 0.3) is 0 Å². The van der Waals surface area contributed by atoms with Gasteiger partial charge in [0.05, 0.1) is 0 Å². The first-order valence-corrected chi connectivity index (χ1v) is 6.14. The van der Waals surface area contributed by atoms with E-state index in [0.717, 1.165) is 0 Å². The van der Waals surface area contributed by atoms with Crippen molar-refractivity contribution in [2.45, 2.75) is 12.1 Å². The topological polar surface area (TPSA) is 29.1 Å². The lowest BCUT2D eigenvalue weighted by atomic mass is 10.2. The smallest absolute Gasteiger partial charge is 0.320 e.